The van der Waals surface area contributed by atoms with Crippen molar-refractivity contribution in [3.63, 3.8) is 0 Å². The molecule has 3 N–H and O–H groups in total. The monoisotopic (exact) mass is 264 g/mol. The molecule has 104 valence electrons. The van der Waals surface area contributed by atoms with E-state index in [1.54, 1.807) is 24.0 Å². The zero-order valence-corrected chi connectivity index (χ0v) is 11.5. The van der Waals surface area contributed by atoms with Gasteiger partial charge in [-0.1, -0.05) is 13.8 Å². The molecule has 2 fully saturated rings. The quantitative estimate of drug-likeness (QED) is 0.815. The van der Waals surface area contributed by atoms with Crippen LogP contribution in [-0.4, -0.2) is 33.9 Å². The number of carbonyl (C=O) groups excluding carboxylic acids is 1. The van der Waals surface area contributed by atoms with Gasteiger partial charge in [0, 0.05) is 31.1 Å². The number of carbonyl (C=O) groups is 1. The number of hydrogen-bond donors (Lipinski definition) is 2. The van der Waals surface area contributed by atoms with Crippen molar-refractivity contribution in [2.24, 2.45) is 24.1 Å². The molecule has 1 aromatic heterocycles. The fourth-order valence-electron chi connectivity index (χ4n) is 3.56. The molecule has 3 rings (SSSR count). The molecule has 19 heavy (non-hydrogen) atoms. The van der Waals surface area contributed by atoms with Crippen molar-refractivity contribution in [3.8, 4) is 0 Å². The van der Waals surface area contributed by atoms with Gasteiger partial charge in [-0.25, -0.2) is 0 Å². The van der Waals surface area contributed by atoms with E-state index < -0.39 is 5.54 Å². The molecule has 3 unspecified atom stereocenters. The molecule has 3 atom stereocenters. The van der Waals surface area contributed by atoms with Crippen molar-refractivity contribution in [1.29, 1.82) is 0 Å². The highest BCUT2D eigenvalue weighted by atomic mass is 16.5. The number of nitrogens with two attached hydrogens (primary N) is 1. The van der Waals surface area contributed by atoms with Crippen LogP contribution < -0.4 is 11.1 Å². The van der Waals surface area contributed by atoms with Crippen molar-refractivity contribution >= 4 is 11.7 Å². The third-order valence-electron chi connectivity index (χ3n) is 4.89. The van der Waals surface area contributed by atoms with E-state index in [0.717, 1.165) is 6.42 Å². The van der Waals surface area contributed by atoms with Gasteiger partial charge in [-0.15, -0.1) is 0 Å². The highest BCUT2D eigenvalue weighted by molar-refractivity contribution is 5.99. The van der Waals surface area contributed by atoms with E-state index in [2.05, 4.69) is 10.4 Å². The highest BCUT2D eigenvalue weighted by Crippen LogP contribution is 2.58. The van der Waals surface area contributed by atoms with Crippen LogP contribution in [0.25, 0.3) is 0 Å². The van der Waals surface area contributed by atoms with Crippen LogP contribution in [0.4, 0.5) is 5.82 Å². The van der Waals surface area contributed by atoms with E-state index in [0.29, 0.717) is 12.4 Å². The van der Waals surface area contributed by atoms with E-state index in [9.17, 15) is 4.79 Å². The number of nitrogens with one attached hydrogen (secondary N) is 1. The van der Waals surface area contributed by atoms with Gasteiger partial charge in [-0.3, -0.25) is 9.48 Å². The average Bonchev–Trinajstić information content (AvgIpc) is 2.97. The Morgan fingerprint density at radius 3 is 3.00 bits per heavy atom. The van der Waals surface area contributed by atoms with Crippen LogP contribution in [0.2, 0.25) is 0 Å². The summed E-state index contributed by atoms with van der Waals surface area (Å²) in [4.78, 5) is 12.6. The van der Waals surface area contributed by atoms with E-state index in [1.807, 2.05) is 13.8 Å². The van der Waals surface area contributed by atoms with Crippen molar-refractivity contribution < 1.29 is 9.53 Å². The van der Waals surface area contributed by atoms with Crippen LogP contribution in [0.5, 0.6) is 0 Å². The lowest BCUT2D eigenvalue weighted by Gasteiger charge is -2.60. The Kier molecular flexibility index (Phi) is 2.53. The van der Waals surface area contributed by atoms with Gasteiger partial charge >= 0.3 is 0 Å². The van der Waals surface area contributed by atoms with Gasteiger partial charge in [0.05, 0.1) is 12.3 Å². The fourth-order valence-corrected chi connectivity index (χ4v) is 3.56. The number of nitrogens with zero attached hydrogens (tertiary/aromatic N) is 2. The van der Waals surface area contributed by atoms with Gasteiger partial charge in [0.1, 0.15) is 11.4 Å². The minimum atomic E-state index is -0.877. The first-order valence-electron chi connectivity index (χ1n) is 6.59. The largest absolute Gasteiger partial charge is 0.377 e. The Hall–Kier alpha value is -1.40. The molecule has 1 aliphatic carbocycles. The molecule has 1 aromatic rings. The molecule has 2 heterocycles. The first-order valence-corrected chi connectivity index (χ1v) is 6.59. The number of rotatable bonds is 2. The molecular weight excluding hydrogens is 244 g/mol. The predicted molar refractivity (Wildman–Crippen MR) is 70.4 cm³/mol. The molecule has 1 saturated carbocycles. The SMILES string of the molecule is Cn1nccc1NC(=O)C1(N)C2CCOC2C1(C)C. The second-order valence-electron chi connectivity index (χ2n) is 6.07. The summed E-state index contributed by atoms with van der Waals surface area (Å²) in [5.41, 5.74) is 5.23. The van der Waals surface area contributed by atoms with Gasteiger partial charge in [0.25, 0.3) is 0 Å². The summed E-state index contributed by atoms with van der Waals surface area (Å²) in [5.74, 6) is 0.622. The normalized spacial score (nSPS) is 35.6. The summed E-state index contributed by atoms with van der Waals surface area (Å²) in [6.07, 6.45) is 2.59. The molecule has 2 aliphatic rings. The smallest absolute Gasteiger partial charge is 0.246 e. The Morgan fingerprint density at radius 2 is 2.37 bits per heavy atom. The molecule has 0 radical (unpaired) electrons. The zero-order valence-electron chi connectivity index (χ0n) is 11.5. The lowest BCUT2D eigenvalue weighted by molar-refractivity contribution is -0.170. The third-order valence-corrected chi connectivity index (χ3v) is 4.89. The first kappa shape index (κ1) is 12.6. The van der Waals surface area contributed by atoms with Crippen LogP contribution in [0.1, 0.15) is 20.3 Å². The van der Waals surface area contributed by atoms with Crippen LogP contribution in [0.3, 0.4) is 0 Å². The van der Waals surface area contributed by atoms with E-state index in [1.165, 1.54) is 0 Å². The number of hydrogen-bond acceptors (Lipinski definition) is 4. The van der Waals surface area contributed by atoms with Gasteiger partial charge in [-0.05, 0) is 6.42 Å². The summed E-state index contributed by atoms with van der Waals surface area (Å²) in [6, 6.07) is 1.76. The topological polar surface area (TPSA) is 82.2 Å². The minimum absolute atomic E-state index is 0.0924. The van der Waals surface area contributed by atoms with Gasteiger partial charge in [0.2, 0.25) is 5.91 Å². The number of aromatic nitrogens is 2. The first-order chi connectivity index (χ1) is 8.89. The Balaban J connectivity index is 1.85. The molecule has 0 aromatic carbocycles. The van der Waals surface area contributed by atoms with Gasteiger partial charge in [0.15, 0.2) is 0 Å². The molecule has 1 aliphatic heterocycles. The molecule has 1 saturated heterocycles. The summed E-state index contributed by atoms with van der Waals surface area (Å²) < 4.78 is 7.31. The van der Waals surface area contributed by atoms with E-state index >= 15 is 0 Å². The Morgan fingerprint density at radius 1 is 1.63 bits per heavy atom. The van der Waals surface area contributed by atoms with Crippen molar-refractivity contribution in [2.45, 2.75) is 31.9 Å². The standard InChI is InChI=1S/C13H20N4O2/c1-12(2)10-8(5-7-19-10)13(12,14)11(18)16-9-4-6-15-17(9)3/h4,6,8,10H,5,7,14H2,1-3H3,(H,16,18). The van der Waals surface area contributed by atoms with Crippen LogP contribution in [0.15, 0.2) is 12.3 Å². The zero-order chi connectivity index (χ0) is 13.8. The molecule has 6 heteroatoms. The Labute approximate surface area is 112 Å². The fraction of sp³-hybridized carbons (Fsp3) is 0.692. The number of amides is 1. The van der Waals surface area contributed by atoms with Gasteiger partial charge < -0.3 is 15.8 Å². The number of anilines is 1. The molecule has 0 bridgehead atoms. The second kappa shape index (κ2) is 3.80. The lowest BCUT2D eigenvalue weighted by Crippen LogP contribution is -2.79. The molecule has 6 nitrogen and oxygen atoms in total. The van der Waals surface area contributed by atoms with Crippen LogP contribution in [0, 0.1) is 11.3 Å². The number of ether oxygens (including phenoxy) is 1. The van der Waals surface area contributed by atoms with Crippen LogP contribution in [-0.2, 0) is 16.6 Å². The third kappa shape index (κ3) is 1.44. The highest BCUT2D eigenvalue weighted by Gasteiger charge is 2.71. The maximum Gasteiger partial charge on any atom is 0.246 e. The molecular formula is C13H20N4O2. The Bertz CT molecular complexity index is 524. The second-order valence-corrected chi connectivity index (χ2v) is 6.07. The van der Waals surface area contributed by atoms with Crippen molar-refractivity contribution in [1.82, 2.24) is 9.78 Å². The number of aryl methyl sites for hydroxylation is 1. The van der Waals surface area contributed by atoms with E-state index in [-0.39, 0.29) is 23.3 Å². The predicted octanol–water partition coefficient (Wildman–Crippen LogP) is 0.501. The minimum Gasteiger partial charge on any atom is -0.377 e. The summed E-state index contributed by atoms with van der Waals surface area (Å²) in [6.45, 7) is 4.70. The van der Waals surface area contributed by atoms with Crippen LogP contribution >= 0.6 is 0 Å². The van der Waals surface area contributed by atoms with E-state index in [4.69, 9.17) is 10.5 Å². The summed E-state index contributed by atoms with van der Waals surface area (Å²) in [7, 11) is 1.78. The lowest BCUT2D eigenvalue weighted by atomic mass is 9.48. The maximum atomic E-state index is 12.6. The molecule has 0 spiro atoms. The average molecular weight is 264 g/mol. The van der Waals surface area contributed by atoms with Gasteiger partial charge in [-0.2, -0.15) is 5.10 Å². The summed E-state index contributed by atoms with van der Waals surface area (Å²) in [5, 5.41) is 6.92. The maximum absolute atomic E-state index is 12.6. The van der Waals surface area contributed by atoms with Crippen molar-refractivity contribution in [2.75, 3.05) is 11.9 Å². The molecule has 1 amide bonds. The number of fused-ring (bicyclic) bond motifs is 1. The summed E-state index contributed by atoms with van der Waals surface area (Å²) >= 11 is 0. The van der Waals surface area contributed by atoms with Crippen molar-refractivity contribution in [3.05, 3.63) is 12.3 Å².